The van der Waals surface area contributed by atoms with Crippen LogP contribution >= 0.6 is 11.6 Å². The van der Waals surface area contributed by atoms with Crippen LogP contribution in [0.25, 0.3) is 0 Å². The molecule has 0 saturated carbocycles. The Labute approximate surface area is 182 Å². The second-order valence-corrected chi connectivity index (χ2v) is 9.21. The third-order valence-electron chi connectivity index (χ3n) is 4.82. The number of benzene rings is 1. The summed E-state index contributed by atoms with van der Waals surface area (Å²) in [5, 5.41) is 5.42. The molecule has 170 valence electrons. The van der Waals surface area contributed by atoms with E-state index in [2.05, 4.69) is 10.4 Å². The van der Waals surface area contributed by atoms with Gasteiger partial charge >= 0.3 is 6.18 Å². The van der Waals surface area contributed by atoms with E-state index in [1.807, 2.05) is 0 Å². The van der Waals surface area contributed by atoms with E-state index in [0.717, 1.165) is 4.68 Å². The first-order chi connectivity index (χ1) is 14.4. The van der Waals surface area contributed by atoms with Crippen molar-refractivity contribution in [2.75, 3.05) is 31.6 Å². The molecule has 2 aromatic rings. The van der Waals surface area contributed by atoms with E-state index in [9.17, 15) is 26.4 Å². The van der Waals surface area contributed by atoms with Gasteiger partial charge in [0, 0.05) is 18.8 Å². The summed E-state index contributed by atoms with van der Waals surface area (Å²) < 4.78 is 71.6. The number of nitrogens with one attached hydrogen (secondary N) is 1. The van der Waals surface area contributed by atoms with Crippen LogP contribution in [0.1, 0.15) is 24.4 Å². The molecule has 1 unspecified atom stereocenters. The summed E-state index contributed by atoms with van der Waals surface area (Å²) in [6.45, 7) is 3.85. The number of carbonyl (C=O) groups excluding carboxylic acids is 1. The Bertz CT molecular complexity index is 1060. The number of amides is 1. The van der Waals surface area contributed by atoms with Crippen molar-refractivity contribution in [3.63, 3.8) is 0 Å². The van der Waals surface area contributed by atoms with Crippen molar-refractivity contribution in [3.05, 3.63) is 40.7 Å². The van der Waals surface area contributed by atoms with Crippen molar-refractivity contribution in [1.29, 1.82) is 0 Å². The maximum absolute atomic E-state index is 13.0. The number of hydrogen-bond acceptors (Lipinski definition) is 5. The van der Waals surface area contributed by atoms with Crippen molar-refractivity contribution in [1.82, 2.24) is 14.1 Å². The largest absolute Gasteiger partial charge is 0.436 e. The minimum atomic E-state index is -4.74. The molecule has 0 spiro atoms. The number of alkyl halides is 3. The average molecular weight is 481 g/mol. The van der Waals surface area contributed by atoms with Gasteiger partial charge in [0.05, 0.1) is 28.8 Å². The molecule has 3 rings (SSSR count). The quantitative estimate of drug-likeness (QED) is 0.710. The normalized spacial score (nSPS) is 16.8. The Morgan fingerprint density at radius 1 is 1.23 bits per heavy atom. The zero-order chi connectivity index (χ0) is 23.0. The molecule has 2 heterocycles. The number of carbonyl (C=O) groups is 1. The van der Waals surface area contributed by atoms with Crippen LogP contribution in [0.5, 0.6) is 0 Å². The molecular weight excluding hydrogens is 461 g/mol. The van der Waals surface area contributed by atoms with Crippen LogP contribution in [0.15, 0.2) is 29.2 Å². The predicted molar refractivity (Wildman–Crippen MR) is 106 cm³/mol. The topological polar surface area (TPSA) is 93.5 Å². The van der Waals surface area contributed by atoms with Gasteiger partial charge in [0.15, 0.2) is 5.69 Å². The second-order valence-electron chi connectivity index (χ2n) is 6.90. The zero-order valence-electron chi connectivity index (χ0n) is 16.6. The molecule has 1 saturated heterocycles. The van der Waals surface area contributed by atoms with E-state index in [1.54, 1.807) is 0 Å². The van der Waals surface area contributed by atoms with Crippen molar-refractivity contribution < 1.29 is 31.1 Å². The summed E-state index contributed by atoms with van der Waals surface area (Å²) in [5.74, 6) is -0.639. The molecule has 13 heteroatoms. The fourth-order valence-corrected chi connectivity index (χ4v) is 4.70. The lowest BCUT2D eigenvalue weighted by Crippen LogP contribution is -2.40. The molecule has 0 radical (unpaired) electrons. The van der Waals surface area contributed by atoms with Crippen LogP contribution in [0.3, 0.4) is 0 Å². The first-order valence-corrected chi connectivity index (χ1v) is 11.1. The Morgan fingerprint density at radius 2 is 1.81 bits per heavy atom. The van der Waals surface area contributed by atoms with Crippen molar-refractivity contribution in [2.45, 2.75) is 31.0 Å². The summed E-state index contributed by atoms with van der Waals surface area (Å²) in [6.07, 6.45) is -4.74. The van der Waals surface area contributed by atoms with Gasteiger partial charge in [0.1, 0.15) is 6.04 Å². The Balaban J connectivity index is 1.74. The summed E-state index contributed by atoms with van der Waals surface area (Å²) in [6, 6.07) is 4.42. The lowest BCUT2D eigenvalue weighted by molar-refractivity contribution is -0.141. The number of aromatic nitrogens is 2. The van der Waals surface area contributed by atoms with Gasteiger partial charge in [0.25, 0.3) is 0 Å². The minimum absolute atomic E-state index is 0.00333. The maximum atomic E-state index is 13.0. The van der Waals surface area contributed by atoms with Crippen molar-refractivity contribution >= 4 is 33.2 Å². The number of hydrogen-bond donors (Lipinski definition) is 1. The Hall–Kier alpha value is -2.15. The zero-order valence-corrected chi connectivity index (χ0v) is 18.2. The van der Waals surface area contributed by atoms with Crippen molar-refractivity contribution in [3.8, 4) is 0 Å². The van der Waals surface area contributed by atoms with E-state index in [1.165, 1.54) is 42.4 Å². The number of rotatable bonds is 5. The average Bonchev–Trinajstić information content (AvgIpc) is 3.03. The Morgan fingerprint density at radius 3 is 2.32 bits per heavy atom. The summed E-state index contributed by atoms with van der Waals surface area (Å²) in [5.41, 5.74) is -0.975. The van der Waals surface area contributed by atoms with Crippen molar-refractivity contribution in [2.24, 2.45) is 0 Å². The molecular formula is C18H20ClF3N4O4S. The molecule has 0 bridgehead atoms. The van der Waals surface area contributed by atoms with Gasteiger partial charge in [-0.15, -0.1) is 0 Å². The SMILES string of the molecule is Cc1c(Cl)c(C(F)(F)F)nn1C(C)C(=O)Nc1ccc(S(=O)(=O)N2CCOCC2)cc1. The van der Waals surface area contributed by atoms with Crippen LogP contribution < -0.4 is 5.32 Å². The molecule has 1 N–H and O–H groups in total. The molecule has 1 fully saturated rings. The number of sulfonamides is 1. The van der Waals surface area contributed by atoms with Crippen LogP contribution in [0.4, 0.5) is 18.9 Å². The van der Waals surface area contributed by atoms with E-state index in [0.29, 0.717) is 13.2 Å². The van der Waals surface area contributed by atoms with E-state index >= 15 is 0 Å². The van der Waals surface area contributed by atoms with Crippen LogP contribution in [-0.2, 0) is 25.7 Å². The lowest BCUT2D eigenvalue weighted by atomic mass is 10.2. The first kappa shape index (κ1) is 23.5. The highest BCUT2D eigenvalue weighted by molar-refractivity contribution is 7.89. The van der Waals surface area contributed by atoms with E-state index < -0.39 is 38.9 Å². The van der Waals surface area contributed by atoms with Gasteiger partial charge in [-0.05, 0) is 38.1 Å². The van der Waals surface area contributed by atoms with Gasteiger partial charge in [-0.3, -0.25) is 9.48 Å². The summed E-state index contributed by atoms with van der Waals surface area (Å²) in [4.78, 5) is 12.6. The summed E-state index contributed by atoms with van der Waals surface area (Å²) in [7, 11) is -3.68. The highest BCUT2D eigenvalue weighted by atomic mass is 35.5. The van der Waals surface area contributed by atoms with Gasteiger partial charge in [-0.2, -0.15) is 22.6 Å². The monoisotopic (exact) mass is 480 g/mol. The second kappa shape index (κ2) is 8.77. The number of ether oxygens (including phenoxy) is 1. The Kier molecular flexibility index (Phi) is 6.65. The highest BCUT2D eigenvalue weighted by Crippen LogP contribution is 2.36. The number of halogens is 4. The lowest BCUT2D eigenvalue weighted by Gasteiger charge is -2.26. The fraction of sp³-hybridized carbons (Fsp3) is 0.444. The third-order valence-corrected chi connectivity index (χ3v) is 7.19. The fourth-order valence-electron chi connectivity index (χ4n) is 3.06. The van der Waals surface area contributed by atoms with Gasteiger partial charge in [-0.25, -0.2) is 8.42 Å². The molecule has 1 amide bonds. The molecule has 31 heavy (non-hydrogen) atoms. The van der Waals surface area contributed by atoms with Crippen LogP contribution in [-0.4, -0.2) is 54.7 Å². The maximum Gasteiger partial charge on any atom is 0.436 e. The molecule has 1 aromatic heterocycles. The summed E-state index contributed by atoms with van der Waals surface area (Å²) >= 11 is 5.73. The number of anilines is 1. The molecule has 1 aliphatic rings. The number of morpholine rings is 1. The molecule has 1 atom stereocenters. The molecule has 8 nitrogen and oxygen atoms in total. The first-order valence-electron chi connectivity index (χ1n) is 9.23. The molecule has 1 aromatic carbocycles. The standard InChI is InChI=1S/C18H20ClF3N4O4S/c1-11-15(19)16(18(20,21)22)24-26(11)12(2)17(27)23-13-3-5-14(6-4-13)31(28,29)25-7-9-30-10-8-25/h3-6,12H,7-10H2,1-2H3,(H,23,27). The van der Waals surface area contributed by atoms with Gasteiger partial charge in [-0.1, -0.05) is 11.6 Å². The van der Waals surface area contributed by atoms with E-state index in [-0.39, 0.29) is 29.4 Å². The predicted octanol–water partition coefficient (Wildman–Crippen LogP) is 3.08. The minimum Gasteiger partial charge on any atom is -0.379 e. The van der Waals surface area contributed by atoms with Crippen LogP contribution in [0.2, 0.25) is 5.02 Å². The molecule has 1 aliphatic heterocycles. The van der Waals surface area contributed by atoms with Gasteiger partial charge in [0.2, 0.25) is 15.9 Å². The smallest absolute Gasteiger partial charge is 0.379 e. The highest BCUT2D eigenvalue weighted by Gasteiger charge is 2.39. The van der Waals surface area contributed by atoms with Gasteiger partial charge < -0.3 is 10.1 Å². The third kappa shape index (κ3) is 4.86. The molecule has 0 aliphatic carbocycles. The van der Waals surface area contributed by atoms with E-state index in [4.69, 9.17) is 16.3 Å². The number of nitrogens with zero attached hydrogens (tertiary/aromatic N) is 3. The van der Waals surface area contributed by atoms with Crippen LogP contribution in [0, 0.1) is 6.92 Å².